The molecule has 0 bridgehead atoms. The maximum atomic E-state index is 11.6. The number of amides is 3. The fourth-order valence-corrected chi connectivity index (χ4v) is 2.75. The average molecular weight is 308 g/mol. The molecule has 0 fully saturated rings. The number of hydrogen-bond acceptors (Lipinski definition) is 4. The number of hydrogen-bond donors (Lipinski definition) is 5. The minimum absolute atomic E-state index is 0.133. The van der Waals surface area contributed by atoms with Gasteiger partial charge in [-0.3, -0.25) is 10.1 Å². The van der Waals surface area contributed by atoms with Crippen molar-refractivity contribution in [2.45, 2.75) is 5.75 Å². The molecule has 0 radical (unpaired) electrons. The quantitative estimate of drug-likeness (QED) is 0.508. The van der Waals surface area contributed by atoms with Gasteiger partial charge in [-0.1, -0.05) is 12.1 Å². The maximum Gasteiger partial charge on any atom is 0.317 e. The molecule has 7 nitrogen and oxygen atoms in total. The molecule has 21 heavy (non-hydrogen) atoms. The second-order valence-corrected chi connectivity index (χ2v) is 5.49. The summed E-state index contributed by atoms with van der Waals surface area (Å²) in [6.07, 6.45) is 0. The highest BCUT2D eigenvalue weighted by molar-refractivity contribution is 7.98. The lowest BCUT2D eigenvalue weighted by Crippen LogP contribution is -2.22. The van der Waals surface area contributed by atoms with Crippen LogP contribution in [0.25, 0.3) is 10.9 Å². The molecule has 112 valence electrons. The monoisotopic (exact) mass is 308 g/mol. The van der Waals surface area contributed by atoms with Crippen LogP contribution in [0.5, 0.6) is 0 Å². The first kappa shape index (κ1) is 15.2. The number of fused-ring (bicyclic) bond motifs is 1. The first-order chi connectivity index (χ1) is 10.0. The summed E-state index contributed by atoms with van der Waals surface area (Å²) >= 11 is 1.60. The number of carbonyl (C=O) groups is 2. The summed E-state index contributed by atoms with van der Waals surface area (Å²) in [6.45, 7) is 0.133. The van der Waals surface area contributed by atoms with Crippen LogP contribution in [0.2, 0.25) is 0 Å². The van der Waals surface area contributed by atoms with E-state index in [1.54, 1.807) is 17.8 Å². The van der Waals surface area contributed by atoms with Crippen molar-refractivity contribution in [2.24, 2.45) is 11.5 Å². The van der Waals surface area contributed by atoms with Gasteiger partial charge in [0.2, 0.25) is 0 Å². The fraction of sp³-hybridized carbons (Fsp3) is 0.231. The molecule has 0 spiro atoms. The molecule has 0 saturated carbocycles. The number of H-pyrrole nitrogens is 1. The number of benzene rings is 1. The summed E-state index contributed by atoms with van der Waals surface area (Å²) in [5.74, 6) is 0.946. The van der Waals surface area contributed by atoms with Gasteiger partial charge in [0.05, 0.1) is 12.2 Å². The van der Waals surface area contributed by atoms with Gasteiger partial charge in [0.15, 0.2) is 0 Å². The highest BCUT2D eigenvalue weighted by atomic mass is 32.2. The van der Waals surface area contributed by atoms with E-state index in [4.69, 9.17) is 16.6 Å². The molecule has 8 heteroatoms. The van der Waals surface area contributed by atoms with Crippen molar-refractivity contribution in [2.75, 3.05) is 17.7 Å². The number of urea groups is 1. The smallest absolute Gasteiger partial charge is 0.317 e. The van der Waals surface area contributed by atoms with E-state index in [2.05, 4.69) is 10.3 Å². The molecule has 2 aromatic rings. The molecule has 2 rings (SSSR count). The molecular formula is C13H16N4O3S. The van der Waals surface area contributed by atoms with Crippen LogP contribution >= 0.6 is 11.8 Å². The van der Waals surface area contributed by atoms with E-state index in [1.807, 2.05) is 12.1 Å². The zero-order valence-electron chi connectivity index (χ0n) is 11.2. The minimum Gasteiger partial charge on any atom is -0.396 e. The van der Waals surface area contributed by atoms with Crippen LogP contribution < -0.4 is 16.8 Å². The molecule has 0 aliphatic rings. The normalized spacial score (nSPS) is 10.7. The van der Waals surface area contributed by atoms with Gasteiger partial charge in [-0.2, -0.15) is 11.8 Å². The third-order valence-electron chi connectivity index (χ3n) is 2.86. The van der Waals surface area contributed by atoms with Crippen molar-refractivity contribution >= 4 is 40.4 Å². The van der Waals surface area contributed by atoms with Crippen LogP contribution in [0, 0.1) is 0 Å². The lowest BCUT2D eigenvalue weighted by Gasteiger charge is -2.01. The van der Waals surface area contributed by atoms with Gasteiger partial charge in [0.1, 0.15) is 5.82 Å². The number of thioether (sulfide) groups is 1. The van der Waals surface area contributed by atoms with Crippen LogP contribution in [0.15, 0.2) is 18.2 Å². The summed E-state index contributed by atoms with van der Waals surface area (Å²) in [7, 11) is 0. The van der Waals surface area contributed by atoms with Crippen LogP contribution in [0.3, 0.4) is 0 Å². The van der Waals surface area contributed by atoms with Crippen LogP contribution in [0.4, 0.5) is 10.6 Å². The number of anilines is 1. The molecule has 1 aromatic heterocycles. The molecule has 0 unspecified atom stereocenters. The van der Waals surface area contributed by atoms with Crippen molar-refractivity contribution < 1.29 is 14.7 Å². The lowest BCUT2D eigenvalue weighted by atomic mass is 10.1. The predicted molar refractivity (Wildman–Crippen MR) is 83.3 cm³/mol. The standard InChI is InChI=1S/C13H16N4O3S/c14-11(19)10-8-2-1-7(6-21-4-3-18)5-9(8)16-12(10)17-13(15)20/h1-2,5,16,18H,3-4,6H2,(H2,14,19)(H3,15,17,20). The number of nitrogens with two attached hydrogens (primary N) is 2. The van der Waals surface area contributed by atoms with Gasteiger partial charge in [0.25, 0.3) is 5.91 Å². The second kappa shape index (κ2) is 6.51. The highest BCUT2D eigenvalue weighted by Gasteiger charge is 2.17. The summed E-state index contributed by atoms with van der Waals surface area (Å²) < 4.78 is 0. The number of rotatable bonds is 6. The molecule has 1 aromatic carbocycles. The minimum atomic E-state index is -0.775. The van der Waals surface area contributed by atoms with E-state index in [0.29, 0.717) is 16.7 Å². The Morgan fingerprint density at radius 1 is 1.33 bits per heavy atom. The van der Waals surface area contributed by atoms with Crippen molar-refractivity contribution in [3.8, 4) is 0 Å². The number of nitrogens with one attached hydrogen (secondary N) is 2. The Kier molecular flexibility index (Phi) is 4.71. The molecule has 0 atom stereocenters. The van der Waals surface area contributed by atoms with E-state index in [0.717, 1.165) is 11.3 Å². The molecule has 7 N–H and O–H groups in total. The summed E-state index contributed by atoms with van der Waals surface area (Å²) in [6, 6.07) is 4.74. The predicted octanol–water partition coefficient (Wildman–Crippen LogP) is 0.983. The highest BCUT2D eigenvalue weighted by Crippen LogP contribution is 2.27. The third-order valence-corrected chi connectivity index (χ3v) is 3.87. The van der Waals surface area contributed by atoms with Gasteiger partial charge < -0.3 is 21.6 Å². The number of aliphatic hydroxyl groups excluding tert-OH is 1. The molecular weight excluding hydrogens is 292 g/mol. The molecule has 0 aliphatic carbocycles. The van der Waals surface area contributed by atoms with Crippen molar-refractivity contribution in [1.82, 2.24) is 4.98 Å². The van der Waals surface area contributed by atoms with E-state index in [1.165, 1.54) is 0 Å². The van der Waals surface area contributed by atoms with Gasteiger partial charge in [-0.15, -0.1) is 0 Å². The first-order valence-electron chi connectivity index (χ1n) is 6.22. The first-order valence-corrected chi connectivity index (χ1v) is 7.38. The van der Waals surface area contributed by atoms with Gasteiger partial charge in [-0.05, 0) is 11.6 Å². The van der Waals surface area contributed by atoms with Gasteiger partial charge in [0, 0.05) is 22.4 Å². The second-order valence-electron chi connectivity index (χ2n) is 4.38. The Morgan fingerprint density at radius 2 is 2.10 bits per heavy atom. The van der Waals surface area contributed by atoms with E-state index < -0.39 is 11.9 Å². The molecule has 0 aliphatic heterocycles. The average Bonchev–Trinajstić information content (AvgIpc) is 2.75. The molecule has 0 saturated heterocycles. The summed E-state index contributed by atoms with van der Waals surface area (Å²) in [5, 5.41) is 11.8. The Bertz CT molecular complexity index is 683. The number of aromatic nitrogens is 1. The van der Waals surface area contributed by atoms with E-state index in [9.17, 15) is 9.59 Å². The summed E-state index contributed by atoms with van der Waals surface area (Å²) in [4.78, 5) is 25.5. The Balaban J connectivity index is 2.39. The maximum absolute atomic E-state index is 11.6. The topological polar surface area (TPSA) is 134 Å². The van der Waals surface area contributed by atoms with Crippen LogP contribution in [0.1, 0.15) is 15.9 Å². The largest absolute Gasteiger partial charge is 0.396 e. The fourth-order valence-electron chi connectivity index (χ4n) is 2.06. The molecule has 3 amide bonds. The Hall–Kier alpha value is -2.19. The zero-order chi connectivity index (χ0) is 15.4. The van der Waals surface area contributed by atoms with Crippen LogP contribution in [-0.2, 0) is 5.75 Å². The van der Waals surface area contributed by atoms with Crippen molar-refractivity contribution in [3.05, 3.63) is 29.3 Å². The summed E-state index contributed by atoms with van der Waals surface area (Å²) in [5.41, 5.74) is 12.4. The SMILES string of the molecule is NC(=O)Nc1[nH]c2cc(CSCCO)ccc2c1C(N)=O. The van der Waals surface area contributed by atoms with Gasteiger partial charge in [-0.25, -0.2) is 4.79 Å². The number of primary amides is 2. The van der Waals surface area contributed by atoms with Gasteiger partial charge >= 0.3 is 6.03 Å². The molecule has 1 heterocycles. The Labute approximate surface area is 125 Å². The Morgan fingerprint density at radius 3 is 2.71 bits per heavy atom. The number of aromatic amines is 1. The van der Waals surface area contributed by atoms with E-state index in [-0.39, 0.29) is 18.0 Å². The van der Waals surface area contributed by atoms with Crippen molar-refractivity contribution in [3.63, 3.8) is 0 Å². The lowest BCUT2D eigenvalue weighted by molar-refractivity contribution is 0.100. The number of aliphatic hydroxyl groups is 1. The van der Waals surface area contributed by atoms with Crippen LogP contribution in [-0.4, -0.2) is 34.4 Å². The van der Waals surface area contributed by atoms with E-state index >= 15 is 0 Å². The zero-order valence-corrected chi connectivity index (χ0v) is 12.0. The number of carbonyl (C=O) groups excluding carboxylic acids is 2. The van der Waals surface area contributed by atoms with Crippen molar-refractivity contribution in [1.29, 1.82) is 0 Å². The third kappa shape index (κ3) is 3.47.